The lowest BCUT2D eigenvalue weighted by atomic mass is 9.95. The number of hydrogen-bond donors (Lipinski definition) is 1. The Morgan fingerprint density at radius 1 is 0.848 bits per heavy atom. The van der Waals surface area contributed by atoms with Crippen molar-refractivity contribution in [2.45, 2.75) is 31.7 Å². The molecule has 1 aliphatic carbocycles. The number of amides is 3. The summed E-state index contributed by atoms with van der Waals surface area (Å²) in [5.74, 6) is 0.0952. The molecule has 1 atom stereocenters. The fraction of sp³-hybridized carbons (Fsp3) is 0.500. The van der Waals surface area contributed by atoms with E-state index in [9.17, 15) is 14.4 Å². The minimum absolute atomic E-state index is 0.00999. The Kier molecular flexibility index (Phi) is 6.31. The first-order valence-corrected chi connectivity index (χ1v) is 12.2. The SMILES string of the molecule is O=C(CN1CCN(C(=O)C2CCCN(C(=O)c3cccc4ccccc34)C2)CC1)NC1CC1. The second kappa shape index (κ2) is 9.51. The number of nitrogens with one attached hydrogen (secondary N) is 1. The standard InChI is InChI=1S/C26H32N4O3/c31-24(27-21-10-11-21)18-28-13-15-29(16-14-28)25(32)20-7-4-12-30(17-20)26(33)23-9-3-6-19-5-1-2-8-22(19)23/h1-3,5-6,8-9,20-21H,4,7,10-18H2,(H,27,31). The average molecular weight is 449 g/mol. The molecule has 1 unspecified atom stereocenters. The van der Waals surface area contributed by atoms with E-state index >= 15 is 0 Å². The number of piperazine rings is 1. The van der Waals surface area contributed by atoms with E-state index in [1.165, 1.54) is 0 Å². The van der Waals surface area contributed by atoms with Crippen LogP contribution in [0.5, 0.6) is 0 Å². The monoisotopic (exact) mass is 448 g/mol. The van der Waals surface area contributed by atoms with E-state index < -0.39 is 0 Å². The van der Waals surface area contributed by atoms with Crippen LogP contribution in [0.25, 0.3) is 10.8 Å². The average Bonchev–Trinajstić information content (AvgIpc) is 3.67. The maximum absolute atomic E-state index is 13.3. The highest BCUT2D eigenvalue weighted by Gasteiger charge is 2.33. The van der Waals surface area contributed by atoms with Crippen LogP contribution in [0.1, 0.15) is 36.0 Å². The van der Waals surface area contributed by atoms with Gasteiger partial charge < -0.3 is 15.1 Å². The molecule has 3 amide bonds. The summed E-state index contributed by atoms with van der Waals surface area (Å²) in [4.78, 5) is 44.5. The summed E-state index contributed by atoms with van der Waals surface area (Å²) in [6.07, 6.45) is 3.85. The number of rotatable bonds is 5. The molecule has 2 saturated heterocycles. The molecule has 0 aromatic heterocycles. The van der Waals surface area contributed by atoms with Crippen molar-refractivity contribution in [2.24, 2.45) is 5.92 Å². The summed E-state index contributed by atoms with van der Waals surface area (Å²) in [7, 11) is 0. The van der Waals surface area contributed by atoms with Crippen molar-refractivity contribution in [1.29, 1.82) is 0 Å². The second-order valence-electron chi connectivity index (χ2n) is 9.56. The zero-order valence-corrected chi connectivity index (χ0v) is 19.0. The molecule has 1 saturated carbocycles. The fourth-order valence-corrected chi connectivity index (χ4v) is 5.03. The van der Waals surface area contributed by atoms with Crippen LogP contribution in [0.3, 0.4) is 0 Å². The van der Waals surface area contributed by atoms with Gasteiger partial charge in [0.15, 0.2) is 0 Å². The number of nitrogens with zero attached hydrogens (tertiary/aromatic N) is 3. The topological polar surface area (TPSA) is 73.0 Å². The first-order valence-electron chi connectivity index (χ1n) is 12.2. The van der Waals surface area contributed by atoms with Gasteiger partial charge >= 0.3 is 0 Å². The van der Waals surface area contributed by atoms with Gasteiger partial charge in [0.1, 0.15) is 0 Å². The van der Waals surface area contributed by atoms with Crippen molar-refractivity contribution in [2.75, 3.05) is 45.8 Å². The molecule has 7 nitrogen and oxygen atoms in total. The third kappa shape index (κ3) is 5.03. The van der Waals surface area contributed by atoms with Gasteiger partial charge in [0, 0.05) is 50.9 Å². The summed E-state index contributed by atoms with van der Waals surface area (Å²) in [5.41, 5.74) is 0.708. The molecule has 174 valence electrons. The minimum atomic E-state index is -0.151. The molecule has 2 aromatic rings. The van der Waals surface area contributed by atoms with Crippen molar-refractivity contribution >= 4 is 28.5 Å². The molecule has 3 aliphatic rings. The number of piperidine rings is 1. The summed E-state index contributed by atoms with van der Waals surface area (Å²) >= 11 is 0. The van der Waals surface area contributed by atoms with Gasteiger partial charge in [0.2, 0.25) is 11.8 Å². The van der Waals surface area contributed by atoms with Gasteiger partial charge in [-0.3, -0.25) is 19.3 Å². The lowest BCUT2D eigenvalue weighted by Crippen LogP contribution is -2.54. The molecular weight excluding hydrogens is 416 g/mol. The van der Waals surface area contributed by atoms with Gasteiger partial charge in [-0.25, -0.2) is 0 Å². The van der Waals surface area contributed by atoms with Crippen LogP contribution in [-0.2, 0) is 9.59 Å². The van der Waals surface area contributed by atoms with Gasteiger partial charge in [0.05, 0.1) is 12.5 Å². The van der Waals surface area contributed by atoms with Gasteiger partial charge in [-0.1, -0.05) is 36.4 Å². The number of fused-ring (bicyclic) bond motifs is 1. The Labute approximate surface area is 194 Å². The van der Waals surface area contributed by atoms with Crippen LogP contribution in [-0.4, -0.2) is 84.3 Å². The minimum Gasteiger partial charge on any atom is -0.352 e. The van der Waals surface area contributed by atoms with E-state index in [2.05, 4.69) is 10.2 Å². The first kappa shape index (κ1) is 21.9. The van der Waals surface area contributed by atoms with Crippen molar-refractivity contribution < 1.29 is 14.4 Å². The highest BCUT2D eigenvalue weighted by Crippen LogP contribution is 2.25. The number of hydrogen-bond acceptors (Lipinski definition) is 4. The maximum Gasteiger partial charge on any atom is 0.254 e. The van der Waals surface area contributed by atoms with Crippen molar-refractivity contribution in [1.82, 2.24) is 20.0 Å². The van der Waals surface area contributed by atoms with Crippen LogP contribution < -0.4 is 5.32 Å². The van der Waals surface area contributed by atoms with E-state index in [4.69, 9.17) is 0 Å². The smallest absolute Gasteiger partial charge is 0.254 e. The van der Waals surface area contributed by atoms with E-state index in [-0.39, 0.29) is 23.6 Å². The molecule has 1 N–H and O–H groups in total. The quantitative estimate of drug-likeness (QED) is 0.761. The predicted octanol–water partition coefficient (Wildman–Crippen LogP) is 2.11. The lowest BCUT2D eigenvalue weighted by Gasteiger charge is -2.39. The predicted molar refractivity (Wildman–Crippen MR) is 127 cm³/mol. The third-order valence-corrected chi connectivity index (χ3v) is 7.07. The van der Waals surface area contributed by atoms with E-state index in [1.807, 2.05) is 52.3 Å². The zero-order valence-electron chi connectivity index (χ0n) is 19.0. The third-order valence-electron chi connectivity index (χ3n) is 7.07. The largest absolute Gasteiger partial charge is 0.352 e. The van der Waals surface area contributed by atoms with Gasteiger partial charge in [-0.15, -0.1) is 0 Å². The lowest BCUT2D eigenvalue weighted by molar-refractivity contribution is -0.138. The van der Waals surface area contributed by atoms with Gasteiger partial charge in [-0.05, 0) is 42.5 Å². The summed E-state index contributed by atoms with van der Waals surface area (Å²) in [6.45, 7) is 4.30. The number of likely N-dealkylation sites (tertiary alicyclic amines) is 1. The molecule has 0 radical (unpaired) electrons. The molecule has 33 heavy (non-hydrogen) atoms. The zero-order chi connectivity index (χ0) is 22.8. The molecule has 5 rings (SSSR count). The highest BCUT2D eigenvalue weighted by molar-refractivity contribution is 6.07. The normalized spacial score (nSPS) is 21.8. The number of benzene rings is 2. The van der Waals surface area contributed by atoms with Crippen LogP contribution in [0.15, 0.2) is 42.5 Å². The summed E-state index contributed by atoms with van der Waals surface area (Å²) in [6, 6.07) is 14.1. The second-order valence-corrected chi connectivity index (χ2v) is 9.56. The first-order chi connectivity index (χ1) is 16.1. The molecule has 3 fully saturated rings. The highest BCUT2D eigenvalue weighted by atomic mass is 16.2. The Hall–Kier alpha value is -2.93. The molecule has 2 aromatic carbocycles. The summed E-state index contributed by atoms with van der Waals surface area (Å²) in [5, 5.41) is 5.04. The Bertz CT molecular complexity index is 1040. The molecule has 2 heterocycles. The summed E-state index contributed by atoms with van der Waals surface area (Å²) < 4.78 is 0. The Balaban J connectivity index is 1.17. The van der Waals surface area contributed by atoms with Crippen molar-refractivity contribution in [3.05, 3.63) is 48.0 Å². The van der Waals surface area contributed by atoms with Crippen LogP contribution in [0.2, 0.25) is 0 Å². The van der Waals surface area contributed by atoms with Crippen molar-refractivity contribution in [3.8, 4) is 0 Å². The van der Waals surface area contributed by atoms with Crippen LogP contribution in [0.4, 0.5) is 0 Å². The Morgan fingerprint density at radius 2 is 1.61 bits per heavy atom. The number of carbonyl (C=O) groups is 3. The van der Waals surface area contributed by atoms with Crippen molar-refractivity contribution in [3.63, 3.8) is 0 Å². The van der Waals surface area contributed by atoms with Crippen LogP contribution in [0, 0.1) is 5.92 Å². The molecule has 2 aliphatic heterocycles. The number of carbonyl (C=O) groups excluding carboxylic acids is 3. The Morgan fingerprint density at radius 3 is 2.39 bits per heavy atom. The molecule has 7 heteroatoms. The molecular formula is C26H32N4O3. The van der Waals surface area contributed by atoms with E-state index in [1.54, 1.807) is 0 Å². The van der Waals surface area contributed by atoms with Gasteiger partial charge in [0.25, 0.3) is 5.91 Å². The molecule has 0 bridgehead atoms. The maximum atomic E-state index is 13.3. The fourth-order valence-electron chi connectivity index (χ4n) is 5.03. The van der Waals surface area contributed by atoms with Gasteiger partial charge in [-0.2, -0.15) is 0 Å². The van der Waals surface area contributed by atoms with E-state index in [0.29, 0.717) is 44.3 Å². The van der Waals surface area contributed by atoms with E-state index in [0.717, 1.165) is 49.5 Å². The molecule has 0 spiro atoms. The van der Waals surface area contributed by atoms with Crippen LogP contribution >= 0.6 is 0 Å².